The summed E-state index contributed by atoms with van der Waals surface area (Å²) < 4.78 is 1.98. The number of aromatic nitrogens is 2. The van der Waals surface area contributed by atoms with Crippen LogP contribution in [-0.2, 0) is 11.2 Å². The van der Waals surface area contributed by atoms with E-state index in [-0.39, 0.29) is 18.0 Å². The number of nitro benzene ring substituents is 1. The van der Waals surface area contributed by atoms with Crippen molar-refractivity contribution in [1.82, 2.24) is 9.38 Å². The van der Waals surface area contributed by atoms with E-state index >= 15 is 0 Å². The largest absolute Gasteiger partial charge is 0.326 e. The molecule has 0 spiro atoms. The molecule has 0 saturated carbocycles. The van der Waals surface area contributed by atoms with Crippen LogP contribution in [0.25, 0.3) is 16.0 Å². The van der Waals surface area contributed by atoms with Gasteiger partial charge in [0, 0.05) is 28.9 Å². The second kappa shape index (κ2) is 5.99. The molecule has 0 atom stereocenters. The van der Waals surface area contributed by atoms with Crippen LogP contribution < -0.4 is 5.32 Å². The molecule has 2 aromatic heterocycles. The fourth-order valence-electron chi connectivity index (χ4n) is 2.69. The Bertz CT molecular complexity index is 1100. The van der Waals surface area contributed by atoms with Gasteiger partial charge in [-0.3, -0.25) is 19.3 Å². The van der Waals surface area contributed by atoms with Crippen molar-refractivity contribution in [1.29, 1.82) is 0 Å². The zero-order valence-corrected chi connectivity index (χ0v) is 13.7. The highest BCUT2D eigenvalue weighted by Gasteiger charge is 2.14. The van der Waals surface area contributed by atoms with E-state index in [1.807, 2.05) is 34.0 Å². The standard InChI is InChI=1S/C17H12N4O3S/c22-16(18-11-5-7-12(8-6-11)21(23)24)9-13-10-25-17-19-14-3-1-2-4-15(14)20(13)17/h1-8,10H,9H2,(H,18,22). The van der Waals surface area contributed by atoms with Crippen LogP contribution in [0.5, 0.6) is 0 Å². The first-order valence-electron chi connectivity index (χ1n) is 7.50. The van der Waals surface area contributed by atoms with Gasteiger partial charge in [-0.1, -0.05) is 12.1 Å². The van der Waals surface area contributed by atoms with Gasteiger partial charge in [0.2, 0.25) is 5.91 Å². The number of amides is 1. The number of carbonyl (C=O) groups excluding carboxylic acids is 1. The van der Waals surface area contributed by atoms with Crippen LogP contribution >= 0.6 is 11.3 Å². The summed E-state index contributed by atoms with van der Waals surface area (Å²) in [7, 11) is 0. The predicted molar refractivity (Wildman–Crippen MR) is 96.0 cm³/mol. The van der Waals surface area contributed by atoms with E-state index in [1.165, 1.54) is 35.6 Å². The first-order valence-corrected chi connectivity index (χ1v) is 8.37. The molecular formula is C17H12N4O3S. The molecule has 8 heteroatoms. The summed E-state index contributed by atoms with van der Waals surface area (Å²) in [5.74, 6) is -0.189. The van der Waals surface area contributed by atoms with Gasteiger partial charge < -0.3 is 5.32 Å². The van der Waals surface area contributed by atoms with Crippen LogP contribution in [0.3, 0.4) is 0 Å². The van der Waals surface area contributed by atoms with Gasteiger partial charge in [0.1, 0.15) is 0 Å². The first kappa shape index (κ1) is 15.3. The van der Waals surface area contributed by atoms with Crippen LogP contribution in [0.15, 0.2) is 53.9 Å². The number of carbonyl (C=O) groups is 1. The molecule has 0 saturated heterocycles. The fraction of sp³-hybridized carbons (Fsp3) is 0.0588. The summed E-state index contributed by atoms with van der Waals surface area (Å²) in [5, 5.41) is 15.3. The van der Waals surface area contributed by atoms with E-state index in [4.69, 9.17) is 0 Å². The van der Waals surface area contributed by atoms with Crippen molar-refractivity contribution in [2.45, 2.75) is 6.42 Å². The van der Waals surface area contributed by atoms with E-state index in [0.717, 1.165) is 21.7 Å². The lowest BCUT2D eigenvalue weighted by molar-refractivity contribution is -0.384. The fourth-order valence-corrected chi connectivity index (χ4v) is 3.59. The van der Waals surface area contributed by atoms with Gasteiger partial charge in [-0.05, 0) is 24.3 Å². The number of non-ortho nitro benzene ring substituents is 1. The minimum absolute atomic E-state index is 0.0116. The predicted octanol–water partition coefficient (Wildman–Crippen LogP) is 3.64. The molecular weight excluding hydrogens is 340 g/mol. The molecule has 4 rings (SSSR count). The molecule has 0 aliphatic heterocycles. The van der Waals surface area contributed by atoms with E-state index in [1.54, 1.807) is 0 Å². The Morgan fingerprint density at radius 3 is 2.72 bits per heavy atom. The zero-order chi connectivity index (χ0) is 17.4. The molecule has 7 nitrogen and oxygen atoms in total. The van der Waals surface area contributed by atoms with Gasteiger partial charge in [0.05, 0.1) is 22.4 Å². The number of rotatable bonds is 4. The van der Waals surface area contributed by atoms with Crippen molar-refractivity contribution < 1.29 is 9.72 Å². The number of imidazole rings is 1. The number of anilines is 1. The summed E-state index contributed by atoms with van der Waals surface area (Å²) in [6.45, 7) is 0. The van der Waals surface area contributed by atoms with E-state index in [0.29, 0.717) is 5.69 Å². The number of hydrogen-bond acceptors (Lipinski definition) is 5. The summed E-state index contributed by atoms with van der Waals surface area (Å²) in [6.07, 6.45) is 0.192. The average molecular weight is 352 g/mol. The molecule has 0 unspecified atom stereocenters. The molecule has 0 radical (unpaired) electrons. The molecule has 0 bridgehead atoms. The Morgan fingerprint density at radius 2 is 1.96 bits per heavy atom. The smallest absolute Gasteiger partial charge is 0.269 e. The SMILES string of the molecule is O=C(Cc1csc2nc3ccccc3n12)Nc1ccc([N+](=O)[O-])cc1. The van der Waals surface area contributed by atoms with E-state index in [9.17, 15) is 14.9 Å². The Hall–Kier alpha value is -3.26. The maximum atomic E-state index is 12.3. The maximum absolute atomic E-state index is 12.3. The molecule has 2 heterocycles. The van der Waals surface area contributed by atoms with Crippen LogP contribution in [0.4, 0.5) is 11.4 Å². The molecule has 1 N–H and O–H groups in total. The Morgan fingerprint density at radius 1 is 1.20 bits per heavy atom. The number of benzene rings is 2. The molecule has 0 fully saturated rings. The lowest BCUT2D eigenvalue weighted by Crippen LogP contribution is -2.15. The maximum Gasteiger partial charge on any atom is 0.269 e. The number of nitrogens with one attached hydrogen (secondary N) is 1. The lowest BCUT2D eigenvalue weighted by atomic mass is 10.2. The summed E-state index contributed by atoms with van der Waals surface area (Å²) in [6, 6.07) is 13.5. The summed E-state index contributed by atoms with van der Waals surface area (Å²) in [4.78, 5) is 27.9. The van der Waals surface area contributed by atoms with Crippen molar-refractivity contribution in [3.63, 3.8) is 0 Å². The van der Waals surface area contributed by atoms with Gasteiger partial charge >= 0.3 is 0 Å². The van der Waals surface area contributed by atoms with Gasteiger partial charge in [-0.15, -0.1) is 11.3 Å². The molecule has 2 aromatic carbocycles. The molecule has 25 heavy (non-hydrogen) atoms. The van der Waals surface area contributed by atoms with E-state index < -0.39 is 4.92 Å². The highest BCUT2D eigenvalue weighted by molar-refractivity contribution is 7.15. The van der Waals surface area contributed by atoms with Gasteiger partial charge in [-0.2, -0.15) is 0 Å². The Balaban J connectivity index is 1.56. The quantitative estimate of drug-likeness (QED) is 0.448. The normalized spacial score (nSPS) is 11.0. The van der Waals surface area contributed by atoms with Gasteiger partial charge in [-0.25, -0.2) is 4.98 Å². The van der Waals surface area contributed by atoms with Gasteiger partial charge in [0.25, 0.3) is 5.69 Å². The highest BCUT2D eigenvalue weighted by atomic mass is 32.1. The average Bonchev–Trinajstić information content (AvgIpc) is 3.15. The zero-order valence-electron chi connectivity index (χ0n) is 12.9. The van der Waals surface area contributed by atoms with Crippen molar-refractivity contribution in [2.24, 2.45) is 0 Å². The number of thiazole rings is 1. The monoisotopic (exact) mass is 352 g/mol. The van der Waals surface area contributed by atoms with Crippen LogP contribution in [0, 0.1) is 10.1 Å². The highest BCUT2D eigenvalue weighted by Crippen LogP contribution is 2.24. The minimum atomic E-state index is -0.474. The van der Waals surface area contributed by atoms with Crippen molar-refractivity contribution in [3.8, 4) is 0 Å². The van der Waals surface area contributed by atoms with Crippen molar-refractivity contribution in [2.75, 3.05) is 5.32 Å². The molecule has 124 valence electrons. The number of nitrogens with zero attached hydrogens (tertiary/aromatic N) is 3. The summed E-state index contributed by atoms with van der Waals surface area (Å²) in [5.41, 5.74) is 3.23. The number of fused-ring (bicyclic) bond motifs is 3. The molecule has 1 amide bonds. The van der Waals surface area contributed by atoms with E-state index in [2.05, 4.69) is 10.3 Å². The third kappa shape index (κ3) is 2.83. The molecule has 4 aromatic rings. The third-order valence-corrected chi connectivity index (χ3v) is 4.70. The van der Waals surface area contributed by atoms with Crippen LogP contribution in [0.1, 0.15) is 5.69 Å². The summed E-state index contributed by atoms with van der Waals surface area (Å²) >= 11 is 1.49. The van der Waals surface area contributed by atoms with Crippen molar-refractivity contribution in [3.05, 3.63) is 69.7 Å². The number of nitro groups is 1. The van der Waals surface area contributed by atoms with Gasteiger partial charge in [0.15, 0.2) is 4.96 Å². The number of hydrogen-bond donors (Lipinski definition) is 1. The van der Waals surface area contributed by atoms with Crippen LogP contribution in [0.2, 0.25) is 0 Å². The lowest BCUT2D eigenvalue weighted by Gasteiger charge is -2.05. The second-order valence-corrected chi connectivity index (χ2v) is 6.31. The Kier molecular flexibility index (Phi) is 3.66. The number of para-hydroxylation sites is 2. The Labute approximate surface area is 145 Å². The topological polar surface area (TPSA) is 89.5 Å². The molecule has 0 aliphatic carbocycles. The third-order valence-electron chi connectivity index (χ3n) is 3.82. The first-order chi connectivity index (χ1) is 12.1. The second-order valence-electron chi connectivity index (χ2n) is 5.47. The van der Waals surface area contributed by atoms with Crippen LogP contribution in [-0.4, -0.2) is 20.2 Å². The molecule has 0 aliphatic rings. The minimum Gasteiger partial charge on any atom is -0.326 e. The van der Waals surface area contributed by atoms with Crippen molar-refractivity contribution >= 4 is 44.6 Å².